The summed E-state index contributed by atoms with van der Waals surface area (Å²) in [5, 5.41) is 11.4. The number of hydrogen-bond donors (Lipinski definition) is 1. The van der Waals surface area contributed by atoms with Gasteiger partial charge >= 0.3 is 0 Å². The lowest BCUT2D eigenvalue weighted by Crippen LogP contribution is -2.38. The summed E-state index contributed by atoms with van der Waals surface area (Å²) in [4.78, 5) is 18.4. The summed E-state index contributed by atoms with van der Waals surface area (Å²) in [6.07, 6.45) is 2.25. The number of imidazole rings is 1. The van der Waals surface area contributed by atoms with Crippen molar-refractivity contribution in [3.8, 4) is 11.5 Å². The van der Waals surface area contributed by atoms with Crippen molar-refractivity contribution in [1.29, 1.82) is 0 Å². The standard InChI is InChI=1S/C26H29FN4O2/c1-5-18-14-30(10-9-26(2,3)33)21-8-6-7-17-13-22(31(18)23(17)21)25-28-20-12-16(15-32)11-19(27)24(20)29(25)4/h6-8,11-13,15,18,33H,5,9-10,14H2,1-4H3. The molecule has 7 heteroatoms. The van der Waals surface area contributed by atoms with Gasteiger partial charge in [0.1, 0.15) is 17.6 Å². The molecule has 0 saturated heterocycles. The van der Waals surface area contributed by atoms with E-state index in [9.17, 15) is 14.3 Å². The van der Waals surface area contributed by atoms with Crippen molar-refractivity contribution in [3.05, 3.63) is 47.8 Å². The number of aryl methyl sites for hydroxylation is 1. The number of para-hydroxylation sites is 1. The molecule has 0 fully saturated rings. The lowest BCUT2D eigenvalue weighted by molar-refractivity contribution is 0.0728. The summed E-state index contributed by atoms with van der Waals surface area (Å²) < 4.78 is 18.9. The van der Waals surface area contributed by atoms with Gasteiger partial charge in [-0.25, -0.2) is 9.37 Å². The molecule has 172 valence electrons. The molecule has 2 aromatic heterocycles. The fourth-order valence-corrected chi connectivity index (χ4v) is 5.05. The molecule has 0 radical (unpaired) electrons. The van der Waals surface area contributed by atoms with Crippen LogP contribution in [0.15, 0.2) is 36.4 Å². The van der Waals surface area contributed by atoms with Crippen molar-refractivity contribution in [2.24, 2.45) is 7.05 Å². The third kappa shape index (κ3) is 3.51. The molecule has 0 aliphatic carbocycles. The molecule has 5 rings (SSSR count). The Morgan fingerprint density at radius 1 is 1.24 bits per heavy atom. The van der Waals surface area contributed by atoms with Crippen LogP contribution in [0.1, 0.15) is 50.0 Å². The van der Waals surface area contributed by atoms with Crippen molar-refractivity contribution in [3.63, 3.8) is 0 Å². The number of carbonyl (C=O) groups is 1. The second-order valence-corrected chi connectivity index (χ2v) is 9.67. The Morgan fingerprint density at radius 2 is 2.03 bits per heavy atom. The van der Waals surface area contributed by atoms with Crippen LogP contribution in [-0.2, 0) is 7.05 Å². The minimum Gasteiger partial charge on any atom is -0.390 e. The Labute approximate surface area is 192 Å². The molecule has 1 aliphatic rings. The largest absolute Gasteiger partial charge is 0.390 e. The van der Waals surface area contributed by atoms with Gasteiger partial charge in [0, 0.05) is 31.1 Å². The second kappa shape index (κ2) is 7.70. The Balaban J connectivity index is 1.71. The monoisotopic (exact) mass is 448 g/mol. The van der Waals surface area contributed by atoms with Gasteiger partial charge in [0.2, 0.25) is 0 Å². The number of anilines is 1. The highest BCUT2D eigenvalue weighted by Crippen LogP contribution is 2.42. The van der Waals surface area contributed by atoms with Gasteiger partial charge in [-0.05, 0) is 51.0 Å². The number of rotatable bonds is 6. The van der Waals surface area contributed by atoms with Crippen LogP contribution in [0.4, 0.5) is 10.1 Å². The summed E-state index contributed by atoms with van der Waals surface area (Å²) >= 11 is 0. The maximum Gasteiger partial charge on any atom is 0.157 e. The zero-order chi connectivity index (χ0) is 23.5. The van der Waals surface area contributed by atoms with E-state index in [0.717, 1.165) is 41.8 Å². The van der Waals surface area contributed by atoms with E-state index < -0.39 is 11.4 Å². The SMILES string of the molecule is CCC1CN(CCC(C)(C)O)c2cccc3cc(-c4nc5cc(C=O)cc(F)c5n4C)n1c23. The number of carbonyl (C=O) groups excluding carboxylic acids is 1. The molecule has 0 amide bonds. The molecule has 1 unspecified atom stereocenters. The average molecular weight is 449 g/mol. The lowest BCUT2D eigenvalue weighted by Gasteiger charge is -2.37. The molecule has 0 bridgehead atoms. The highest BCUT2D eigenvalue weighted by atomic mass is 19.1. The highest BCUT2D eigenvalue weighted by molar-refractivity contribution is 5.97. The predicted octanol–water partition coefficient (Wildman–Crippen LogP) is 5.08. The van der Waals surface area contributed by atoms with Crippen LogP contribution >= 0.6 is 0 Å². The third-order valence-electron chi connectivity index (χ3n) is 6.75. The first kappa shape index (κ1) is 21.6. The van der Waals surface area contributed by atoms with Crippen molar-refractivity contribution < 1.29 is 14.3 Å². The molecule has 1 atom stereocenters. The van der Waals surface area contributed by atoms with E-state index in [4.69, 9.17) is 4.98 Å². The van der Waals surface area contributed by atoms with Crippen LogP contribution in [0.25, 0.3) is 33.5 Å². The van der Waals surface area contributed by atoms with Crippen LogP contribution in [0.3, 0.4) is 0 Å². The van der Waals surface area contributed by atoms with Crippen molar-refractivity contribution in [2.75, 3.05) is 18.0 Å². The molecule has 1 aliphatic heterocycles. The molecule has 2 aromatic carbocycles. The minimum atomic E-state index is -0.724. The lowest BCUT2D eigenvalue weighted by atomic mass is 10.0. The Hall–Kier alpha value is -3.19. The zero-order valence-corrected chi connectivity index (χ0v) is 19.5. The van der Waals surface area contributed by atoms with E-state index in [2.05, 4.69) is 40.7 Å². The summed E-state index contributed by atoms with van der Waals surface area (Å²) in [6.45, 7) is 7.46. The van der Waals surface area contributed by atoms with E-state index in [0.29, 0.717) is 29.6 Å². The number of nitrogens with zero attached hydrogens (tertiary/aromatic N) is 4. The maximum absolute atomic E-state index is 14.8. The first-order valence-corrected chi connectivity index (χ1v) is 11.4. The number of fused-ring (bicyclic) bond motifs is 1. The van der Waals surface area contributed by atoms with Gasteiger partial charge in [0.25, 0.3) is 0 Å². The summed E-state index contributed by atoms with van der Waals surface area (Å²) in [5.74, 6) is 0.230. The Morgan fingerprint density at radius 3 is 2.73 bits per heavy atom. The average Bonchev–Trinajstić information content (AvgIpc) is 3.32. The number of hydrogen-bond acceptors (Lipinski definition) is 4. The fourth-order valence-electron chi connectivity index (χ4n) is 5.05. The molecule has 6 nitrogen and oxygen atoms in total. The molecular weight excluding hydrogens is 419 g/mol. The highest BCUT2D eigenvalue weighted by Gasteiger charge is 2.30. The normalized spacial score (nSPS) is 16.2. The van der Waals surface area contributed by atoms with E-state index >= 15 is 0 Å². The third-order valence-corrected chi connectivity index (χ3v) is 6.75. The second-order valence-electron chi connectivity index (χ2n) is 9.67. The van der Waals surface area contributed by atoms with E-state index in [1.807, 2.05) is 20.9 Å². The Kier molecular flexibility index (Phi) is 5.05. The van der Waals surface area contributed by atoms with Crippen LogP contribution in [0.5, 0.6) is 0 Å². The van der Waals surface area contributed by atoms with Crippen LogP contribution in [-0.4, -0.2) is 44.2 Å². The van der Waals surface area contributed by atoms with Crippen molar-refractivity contribution in [2.45, 2.75) is 45.3 Å². The molecule has 0 spiro atoms. The molecule has 4 aromatic rings. The van der Waals surface area contributed by atoms with Crippen molar-refractivity contribution >= 4 is 33.9 Å². The number of benzene rings is 2. The van der Waals surface area contributed by atoms with Gasteiger partial charge in [-0.2, -0.15) is 0 Å². The topological polar surface area (TPSA) is 63.3 Å². The van der Waals surface area contributed by atoms with E-state index in [-0.39, 0.29) is 11.6 Å². The Bertz CT molecular complexity index is 1380. The quantitative estimate of drug-likeness (QED) is 0.418. The maximum atomic E-state index is 14.8. The van der Waals surface area contributed by atoms with Crippen molar-refractivity contribution in [1.82, 2.24) is 14.1 Å². The van der Waals surface area contributed by atoms with Crippen LogP contribution in [0.2, 0.25) is 0 Å². The van der Waals surface area contributed by atoms with Gasteiger partial charge in [0.15, 0.2) is 5.82 Å². The number of aldehydes is 1. The summed E-state index contributed by atoms with van der Waals surface area (Å²) in [7, 11) is 1.82. The zero-order valence-electron chi connectivity index (χ0n) is 19.5. The molecule has 0 saturated carbocycles. The van der Waals surface area contributed by atoms with Crippen LogP contribution < -0.4 is 4.90 Å². The van der Waals surface area contributed by atoms with Gasteiger partial charge in [-0.15, -0.1) is 0 Å². The molecular formula is C26H29FN4O2. The smallest absolute Gasteiger partial charge is 0.157 e. The van der Waals surface area contributed by atoms with Crippen LogP contribution in [0, 0.1) is 5.82 Å². The van der Waals surface area contributed by atoms with E-state index in [1.165, 1.54) is 6.07 Å². The summed E-state index contributed by atoms with van der Waals surface area (Å²) in [6, 6.07) is 11.5. The number of aliphatic hydroxyl groups is 1. The summed E-state index contributed by atoms with van der Waals surface area (Å²) in [5.41, 5.74) is 3.65. The first-order chi connectivity index (χ1) is 15.7. The van der Waals surface area contributed by atoms with Gasteiger partial charge < -0.3 is 19.1 Å². The first-order valence-electron chi connectivity index (χ1n) is 11.4. The van der Waals surface area contributed by atoms with E-state index in [1.54, 1.807) is 10.6 Å². The fraction of sp³-hybridized carbons (Fsp3) is 0.385. The minimum absolute atomic E-state index is 0.212. The van der Waals surface area contributed by atoms with Gasteiger partial charge in [-0.1, -0.05) is 19.1 Å². The molecule has 3 heterocycles. The van der Waals surface area contributed by atoms with Gasteiger partial charge in [-0.3, -0.25) is 4.79 Å². The molecule has 1 N–H and O–H groups in total. The number of halogens is 1. The predicted molar refractivity (Wildman–Crippen MR) is 129 cm³/mol. The molecule has 33 heavy (non-hydrogen) atoms. The van der Waals surface area contributed by atoms with Gasteiger partial charge in [0.05, 0.1) is 34.1 Å². The number of aromatic nitrogens is 3.